The minimum Gasteiger partial charge on any atom is -0.388 e. The number of carbonyl (C=O) groups is 1. The van der Waals surface area contributed by atoms with E-state index in [1.165, 1.54) is 14.2 Å². The third-order valence-corrected chi connectivity index (χ3v) is 1.46. The van der Waals surface area contributed by atoms with E-state index in [2.05, 4.69) is 4.74 Å². The second-order valence-corrected chi connectivity index (χ2v) is 2.35. The summed E-state index contributed by atoms with van der Waals surface area (Å²) in [5.41, 5.74) is 0. The van der Waals surface area contributed by atoms with Gasteiger partial charge in [0.2, 0.25) is 0 Å². The van der Waals surface area contributed by atoms with Gasteiger partial charge < -0.3 is 24.5 Å². The van der Waals surface area contributed by atoms with Gasteiger partial charge in [0.15, 0.2) is 6.29 Å². The van der Waals surface area contributed by atoms with E-state index in [1.807, 2.05) is 0 Å². The lowest BCUT2D eigenvalue weighted by molar-refractivity contribution is -0.133. The summed E-state index contributed by atoms with van der Waals surface area (Å²) >= 11 is 0. The molecule has 5 nitrogen and oxygen atoms in total. The Hall–Kier alpha value is -0.490. The third kappa shape index (κ3) is 3.27. The quantitative estimate of drug-likeness (QED) is 0.488. The third-order valence-electron chi connectivity index (χ3n) is 1.46. The number of aliphatic hydroxyl groups excluding tert-OH is 2. The van der Waals surface area contributed by atoms with Gasteiger partial charge >= 0.3 is 0 Å². The van der Waals surface area contributed by atoms with Crippen LogP contribution in [0.25, 0.3) is 0 Å². The number of hydrogen-bond acceptors (Lipinski definition) is 5. The molecular formula is C7H14O5. The van der Waals surface area contributed by atoms with Crippen LogP contribution in [-0.4, -0.2) is 55.6 Å². The second kappa shape index (κ2) is 6.07. The van der Waals surface area contributed by atoms with Crippen molar-refractivity contribution < 1.29 is 24.5 Å². The fourth-order valence-corrected chi connectivity index (χ4v) is 0.867. The Morgan fingerprint density at radius 1 is 1.42 bits per heavy atom. The average molecular weight is 178 g/mol. The number of rotatable bonds is 6. The van der Waals surface area contributed by atoms with Crippen molar-refractivity contribution in [3.63, 3.8) is 0 Å². The van der Waals surface area contributed by atoms with Gasteiger partial charge in [-0.1, -0.05) is 0 Å². The van der Waals surface area contributed by atoms with Crippen LogP contribution in [0.3, 0.4) is 0 Å². The normalized spacial score (nSPS) is 18.3. The monoisotopic (exact) mass is 178 g/mol. The van der Waals surface area contributed by atoms with E-state index < -0.39 is 18.3 Å². The van der Waals surface area contributed by atoms with E-state index in [-0.39, 0.29) is 6.61 Å². The van der Waals surface area contributed by atoms with E-state index in [0.717, 1.165) is 0 Å². The van der Waals surface area contributed by atoms with Crippen molar-refractivity contribution in [1.82, 2.24) is 0 Å². The molecule has 3 unspecified atom stereocenters. The zero-order valence-electron chi connectivity index (χ0n) is 7.14. The van der Waals surface area contributed by atoms with E-state index in [1.54, 1.807) is 0 Å². The van der Waals surface area contributed by atoms with Gasteiger partial charge in [-0.05, 0) is 0 Å². The molecule has 0 aromatic heterocycles. The van der Waals surface area contributed by atoms with Crippen molar-refractivity contribution in [3.8, 4) is 0 Å². The van der Waals surface area contributed by atoms with E-state index in [4.69, 9.17) is 9.84 Å². The molecule has 5 heteroatoms. The summed E-state index contributed by atoms with van der Waals surface area (Å²) in [5.74, 6) is 0. The van der Waals surface area contributed by atoms with Crippen molar-refractivity contribution in [2.24, 2.45) is 0 Å². The lowest BCUT2D eigenvalue weighted by atomic mass is 10.1. The van der Waals surface area contributed by atoms with Gasteiger partial charge in [-0.25, -0.2) is 0 Å². The summed E-state index contributed by atoms with van der Waals surface area (Å²) in [6, 6.07) is 0. The number of carbonyl (C=O) groups excluding carboxylic acids is 1. The largest absolute Gasteiger partial charge is 0.388 e. The molecule has 0 radical (unpaired) electrons. The van der Waals surface area contributed by atoms with Crippen LogP contribution in [-0.2, 0) is 14.3 Å². The summed E-state index contributed by atoms with van der Waals surface area (Å²) in [7, 11) is 2.71. The Morgan fingerprint density at radius 2 is 2.00 bits per heavy atom. The molecule has 12 heavy (non-hydrogen) atoms. The van der Waals surface area contributed by atoms with Crippen LogP contribution in [0.4, 0.5) is 0 Å². The minimum absolute atomic E-state index is 0.0173. The van der Waals surface area contributed by atoms with Crippen molar-refractivity contribution in [3.05, 3.63) is 0 Å². The molecule has 2 N–H and O–H groups in total. The number of aliphatic hydroxyl groups is 2. The highest BCUT2D eigenvalue weighted by Gasteiger charge is 2.26. The Balaban J connectivity index is 4.02. The Kier molecular flexibility index (Phi) is 5.83. The van der Waals surface area contributed by atoms with Crippen molar-refractivity contribution >= 4 is 6.29 Å². The van der Waals surface area contributed by atoms with Crippen LogP contribution in [0, 0.1) is 0 Å². The maximum Gasteiger partial charge on any atom is 0.151 e. The Morgan fingerprint density at radius 3 is 2.33 bits per heavy atom. The fraction of sp³-hybridized carbons (Fsp3) is 0.857. The lowest BCUT2D eigenvalue weighted by Gasteiger charge is -2.22. The average Bonchev–Trinajstić information content (AvgIpc) is 2.06. The molecule has 0 rings (SSSR count). The lowest BCUT2D eigenvalue weighted by Crippen LogP contribution is -2.42. The van der Waals surface area contributed by atoms with Gasteiger partial charge in [0.25, 0.3) is 0 Å². The maximum atomic E-state index is 10.1. The first-order chi connectivity index (χ1) is 5.67. The first-order valence-corrected chi connectivity index (χ1v) is 3.50. The van der Waals surface area contributed by atoms with Crippen molar-refractivity contribution in [2.75, 3.05) is 20.8 Å². The highest BCUT2D eigenvalue weighted by atomic mass is 16.5. The molecule has 0 bridgehead atoms. The van der Waals surface area contributed by atoms with Crippen molar-refractivity contribution in [2.45, 2.75) is 18.3 Å². The first kappa shape index (κ1) is 11.5. The summed E-state index contributed by atoms with van der Waals surface area (Å²) in [5, 5.41) is 18.2. The molecule has 72 valence electrons. The molecule has 0 aliphatic rings. The van der Waals surface area contributed by atoms with Crippen LogP contribution in [0.1, 0.15) is 0 Å². The smallest absolute Gasteiger partial charge is 0.151 e. The molecule has 0 aliphatic heterocycles. The predicted molar refractivity (Wildman–Crippen MR) is 40.8 cm³/mol. The molecule has 0 spiro atoms. The van der Waals surface area contributed by atoms with Gasteiger partial charge in [0.05, 0.1) is 6.61 Å². The van der Waals surface area contributed by atoms with Gasteiger partial charge in [0.1, 0.15) is 18.3 Å². The fourth-order valence-electron chi connectivity index (χ4n) is 0.867. The van der Waals surface area contributed by atoms with Crippen LogP contribution >= 0.6 is 0 Å². The summed E-state index contributed by atoms with van der Waals surface area (Å²) in [6.07, 6.45) is -2.93. The summed E-state index contributed by atoms with van der Waals surface area (Å²) < 4.78 is 9.33. The predicted octanol–water partition coefficient (Wildman–Crippen LogP) is -1.43. The van der Waals surface area contributed by atoms with Gasteiger partial charge in [-0.15, -0.1) is 0 Å². The second-order valence-electron chi connectivity index (χ2n) is 2.35. The molecule has 0 fully saturated rings. The Bertz CT molecular complexity index is 127. The standard InChI is InChI=1S/C7H14O5/c1-11-4-6(10)7(12-2)5(9)3-8/h3,5-7,9-10H,4H2,1-2H3. The molecule has 0 heterocycles. The van der Waals surface area contributed by atoms with Crippen LogP contribution < -0.4 is 0 Å². The van der Waals surface area contributed by atoms with E-state index in [0.29, 0.717) is 6.29 Å². The van der Waals surface area contributed by atoms with Gasteiger partial charge in [0, 0.05) is 14.2 Å². The van der Waals surface area contributed by atoms with Crippen molar-refractivity contribution in [1.29, 1.82) is 0 Å². The van der Waals surface area contributed by atoms with Crippen LogP contribution in [0.5, 0.6) is 0 Å². The molecular weight excluding hydrogens is 164 g/mol. The highest BCUT2D eigenvalue weighted by molar-refractivity contribution is 5.56. The van der Waals surface area contributed by atoms with Crippen LogP contribution in [0.15, 0.2) is 0 Å². The molecule has 0 amide bonds. The molecule has 0 aliphatic carbocycles. The topological polar surface area (TPSA) is 76.0 Å². The molecule has 0 aromatic carbocycles. The number of aldehydes is 1. The number of hydrogen-bond donors (Lipinski definition) is 2. The summed E-state index contributed by atoms with van der Waals surface area (Å²) in [6.45, 7) is 0.0173. The molecule has 0 aromatic rings. The molecule has 0 saturated heterocycles. The van der Waals surface area contributed by atoms with Gasteiger partial charge in [-0.2, -0.15) is 0 Å². The first-order valence-electron chi connectivity index (χ1n) is 3.50. The zero-order chi connectivity index (χ0) is 9.56. The minimum atomic E-state index is -1.32. The molecule has 0 saturated carbocycles. The number of ether oxygens (including phenoxy) is 2. The van der Waals surface area contributed by atoms with Gasteiger partial charge in [-0.3, -0.25) is 0 Å². The zero-order valence-corrected chi connectivity index (χ0v) is 7.14. The van der Waals surface area contributed by atoms with E-state index in [9.17, 15) is 9.90 Å². The highest BCUT2D eigenvalue weighted by Crippen LogP contribution is 2.03. The Labute approximate surface area is 70.9 Å². The summed E-state index contributed by atoms with van der Waals surface area (Å²) in [4.78, 5) is 10.1. The SMILES string of the molecule is COCC(O)C(OC)C(O)C=O. The maximum absolute atomic E-state index is 10.1. The van der Waals surface area contributed by atoms with Crippen LogP contribution in [0.2, 0.25) is 0 Å². The van der Waals surface area contributed by atoms with E-state index >= 15 is 0 Å². The molecule has 3 atom stereocenters. The number of methoxy groups -OCH3 is 2.